The first-order chi connectivity index (χ1) is 10.1. The smallest absolute Gasteiger partial charge is 0.119 e. The summed E-state index contributed by atoms with van der Waals surface area (Å²) in [5.74, 6) is 0. The van der Waals surface area contributed by atoms with Crippen molar-refractivity contribution in [1.29, 1.82) is 0 Å². The second-order valence-corrected chi connectivity index (χ2v) is 6.07. The number of methoxy groups -OCH3 is 1. The lowest BCUT2D eigenvalue weighted by Gasteiger charge is -2.02. The van der Waals surface area contributed by atoms with Crippen molar-refractivity contribution in [3.05, 3.63) is 45.7 Å². The van der Waals surface area contributed by atoms with Gasteiger partial charge in [-0.05, 0) is 13.8 Å². The maximum absolute atomic E-state index is 5.12. The van der Waals surface area contributed by atoms with Crippen LogP contribution in [0.2, 0.25) is 0 Å². The first kappa shape index (κ1) is 15.9. The van der Waals surface area contributed by atoms with Crippen LogP contribution in [0.1, 0.15) is 26.8 Å². The van der Waals surface area contributed by atoms with E-state index in [9.17, 15) is 0 Å². The minimum atomic E-state index is 0.582. The number of aryl methyl sites for hydroxylation is 2. The van der Waals surface area contributed by atoms with Gasteiger partial charge in [-0.25, -0.2) is 4.98 Å². The van der Waals surface area contributed by atoms with Crippen LogP contribution in [0.25, 0.3) is 0 Å². The fourth-order valence-electron chi connectivity index (χ4n) is 2.11. The zero-order valence-electron chi connectivity index (χ0n) is 12.8. The predicted octanol–water partition coefficient (Wildman–Crippen LogP) is 2.58. The molecule has 1 N–H and O–H groups in total. The molecule has 0 unspecified atom stereocenters. The Hall–Kier alpha value is -1.50. The van der Waals surface area contributed by atoms with E-state index in [1.54, 1.807) is 18.4 Å². The minimum absolute atomic E-state index is 0.582. The van der Waals surface area contributed by atoms with E-state index >= 15 is 0 Å². The Morgan fingerprint density at radius 2 is 2.19 bits per heavy atom. The number of allylic oxidation sites excluding steroid dienone is 1. The van der Waals surface area contributed by atoms with Crippen LogP contribution < -0.4 is 5.32 Å². The molecular formula is C15H22N4OS. The SMILES string of the molecule is C=CCn1cc(CNCc2sc(COC)nc2C)c(C)n1. The molecule has 0 aliphatic rings. The number of ether oxygens (including phenoxy) is 1. The van der Waals surface area contributed by atoms with Gasteiger partial charge >= 0.3 is 0 Å². The van der Waals surface area contributed by atoms with Crippen molar-refractivity contribution in [3.63, 3.8) is 0 Å². The van der Waals surface area contributed by atoms with Gasteiger partial charge in [-0.3, -0.25) is 4.68 Å². The number of nitrogens with zero attached hydrogens (tertiary/aromatic N) is 3. The van der Waals surface area contributed by atoms with Crippen LogP contribution in [0, 0.1) is 13.8 Å². The normalized spacial score (nSPS) is 11.0. The van der Waals surface area contributed by atoms with E-state index in [0.717, 1.165) is 36.0 Å². The molecule has 2 aromatic rings. The van der Waals surface area contributed by atoms with Crippen molar-refractivity contribution in [1.82, 2.24) is 20.1 Å². The monoisotopic (exact) mass is 306 g/mol. The summed E-state index contributed by atoms with van der Waals surface area (Å²) < 4.78 is 7.03. The number of thiazole rings is 1. The van der Waals surface area contributed by atoms with Crippen LogP contribution in [0.4, 0.5) is 0 Å². The maximum atomic E-state index is 5.12. The molecule has 0 aliphatic carbocycles. The summed E-state index contributed by atoms with van der Waals surface area (Å²) >= 11 is 1.70. The fourth-order valence-corrected chi connectivity index (χ4v) is 3.12. The number of aromatic nitrogens is 3. The second-order valence-electron chi connectivity index (χ2n) is 4.90. The molecule has 0 fully saturated rings. The van der Waals surface area contributed by atoms with Gasteiger partial charge in [0.25, 0.3) is 0 Å². The summed E-state index contributed by atoms with van der Waals surface area (Å²) in [4.78, 5) is 5.76. The quantitative estimate of drug-likeness (QED) is 0.762. The molecule has 0 bridgehead atoms. The summed E-state index contributed by atoms with van der Waals surface area (Å²) in [6.45, 7) is 10.8. The lowest BCUT2D eigenvalue weighted by atomic mass is 10.2. The van der Waals surface area contributed by atoms with Gasteiger partial charge in [-0.15, -0.1) is 17.9 Å². The van der Waals surface area contributed by atoms with Crippen molar-refractivity contribution >= 4 is 11.3 Å². The van der Waals surface area contributed by atoms with Crippen molar-refractivity contribution in [2.75, 3.05) is 7.11 Å². The van der Waals surface area contributed by atoms with E-state index in [-0.39, 0.29) is 0 Å². The standard InChI is InChI=1S/C15H22N4OS/c1-5-6-19-9-13(11(2)18-19)7-16-8-14-12(3)17-15(21-14)10-20-4/h5,9,16H,1,6-8,10H2,2-4H3. The molecule has 6 heteroatoms. The van der Waals surface area contributed by atoms with Gasteiger partial charge < -0.3 is 10.1 Å². The Morgan fingerprint density at radius 1 is 1.38 bits per heavy atom. The van der Waals surface area contributed by atoms with E-state index < -0.39 is 0 Å². The van der Waals surface area contributed by atoms with Crippen molar-refractivity contribution in [3.8, 4) is 0 Å². The first-order valence-electron chi connectivity index (χ1n) is 6.92. The molecule has 0 atom stereocenters. The van der Waals surface area contributed by atoms with Crippen LogP contribution in [-0.4, -0.2) is 21.9 Å². The summed E-state index contributed by atoms with van der Waals surface area (Å²) in [5.41, 5.74) is 3.36. The van der Waals surface area contributed by atoms with Crippen LogP contribution >= 0.6 is 11.3 Å². The molecule has 114 valence electrons. The van der Waals surface area contributed by atoms with E-state index in [1.807, 2.05) is 24.6 Å². The summed E-state index contributed by atoms with van der Waals surface area (Å²) in [6.07, 6.45) is 3.92. The molecule has 2 rings (SSSR count). The molecule has 5 nitrogen and oxygen atoms in total. The molecule has 0 spiro atoms. The van der Waals surface area contributed by atoms with Gasteiger partial charge in [-0.2, -0.15) is 5.10 Å². The molecule has 0 saturated heterocycles. The topological polar surface area (TPSA) is 52.0 Å². The average molecular weight is 306 g/mol. The minimum Gasteiger partial charge on any atom is -0.378 e. The molecule has 2 heterocycles. The number of hydrogen-bond donors (Lipinski definition) is 1. The Labute approximate surface area is 129 Å². The largest absolute Gasteiger partial charge is 0.378 e. The predicted molar refractivity (Wildman–Crippen MR) is 85.3 cm³/mol. The first-order valence-corrected chi connectivity index (χ1v) is 7.74. The highest BCUT2D eigenvalue weighted by atomic mass is 32.1. The van der Waals surface area contributed by atoms with E-state index in [4.69, 9.17) is 4.74 Å². The van der Waals surface area contributed by atoms with Crippen molar-refractivity contribution in [2.24, 2.45) is 0 Å². The van der Waals surface area contributed by atoms with Crippen LogP contribution in [0.5, 0.6) is 0 Å². The zero-order chi connectivity index (χ0) is 15.2. The highest BCUT2D eigenvalue weighted by Gasteiger charge is 2.08. The van der Waals surface area contributed by atoms with Crippen LogP contribution in [0.3, 0.4) is 0 Å². The van der Waals surface area contributed by atoms with Gasteiger partial charge in [0.1, 0.15) is 5.01 Å². The number of nitrogens with one attached hydrogen (secondary N) is 1. The summed E-state index contributed by atoms with van der Waals surface area (Å²) in [5, 5.41) is 8.94. The molecular weight excluding hydrogens is 284 g/mol. The highest BCUT2D eigenvalue weighted by Crippen LogP contribution is 2.18. The number of hydrogen-bond acceptors (Lipinski definition) is 5. The maximum Gasteiger partial charge on any atom is 0.119 e. The molecule has 0 aliphatic heterocycles. The molecule has 0 radical (unpaired) electrons. The molecule has 21 heavy (non-hydrogen) atoms. The third-order valence-corrected chi connectivity index (χ3v) is 4.30. The van der Waals surface area contributed by atoms with Gasteiger partial charge in [-0.1, -0.05) is 6.08 Å². The van der Waals surface area contributed by atoms with Crippen molar-refractivity contribution in [2.45, 2.75) is 40.1 Å². The highest BCUT2D eigenvalue weighted by molar-refractivity contribution is 7.11. The lowest BCUT2D eigenvalue weighted by Crippen LogP contribution is -2.12. The Bertz CT molecular complexity index is 603. The Balaban J connectivity index is 1.90. The van der Waals surface area contributed by atoms with Gasteiger partial charge in [0, 0.05) is 36.8 Å². The fraction of sp³-hybridized carbons (Fsp3) is 0.467. The molecule has 0 saturated carbocycles. The van der Waals surface area contributed by atoms with Crippen LogP contribution in [-0.2, 0) is 31.0 Å². The van der Waals surface area contributed by atoms with E-state index in [2.05, 4.69) is 28.2 Å². The second kappa shape index (κ2) is 7.49. The van der Waals surface area contributed by atoms with Gasteiger partial charge in [0.2, 0.25) is 0 Å². The van der Waals surface area contributed by atoms with Crippen molar-refractivity contribution < 1.29 is 4.74 Å². The molecule has 0 amide bonds. The van der Waals surface area contributed by atoms with Gasteiger partial charge in [0.05, 0.1) is 24.5 Å². The van der Waals surface area contributed by atoms with Crippen LogP contribution in [0.15, 0.2) is 18.9 Å². The van der Waals surface area contributed by atoms with E-state index in [1.165, 1.54) is 10.4 Å². The summed E-state index contributed by atoms with van der Waals surface area (Å²) in [7, 11) is 1.69. The third kappa shape index (κ3) is 4.23. The van der Waals surface area contributed by atoms with E-state index in [0.29, 0.717) is 6.61 Å². The molecule has 0 aromatic carbocycles. The lowest BCUT2D eigenvalue weighted by molar-refractivity contribution is 0.184. The average Bonchev–Trinajstić information content (AvgIpc) is 2.95. The third-order valence-electron chi connectivity index (χ3n) is 3.17. The summed E-state index contributed by atoms with van der Waals surface area (Å²) in [6, 6.07) is 0. The number of rotatable bonds is 8. The van der Waals surface area contributed by atoms with Gasteiger partial charge in [0.15, 0.2) is 0 Å². The zero-order valence-corrected chi connectivity index (χ0v) is 13.7. The molecule has 2 aromatic heterocycles. The Morgan fingerprint density at radius 3 is 2.90 bits per heavy atom. The Kier molecular flexibility index (Phi) is 5.67.